The molecule has 0 spiro atoms. The molecule has 0 saturated carbocycles. The van der Waals surface area contributed by atoms with Gasteiger partial charge in [0.25, 0.3) is 0 Å². The lowest BCUT2D eigenvalue weighted by molar-refractivity contribution is -0.151. The molecule has 174 valence electrons. The lowest BCUT2D eigenvalue weighted by atomic mass is 9.89. The Morgan fingerprint density at radius 1 is 0.939 bits per heavy atom. The summed E-state index contributed by atoms with van der Waals surface area (Å²) in [5, 5.41) is 1.44. The van der Waals surface area contributed by atoms with Crippen molar-refractivity contribution in [3.63, 3.8) is 0 Å². The van der Waals surface area contributed by atoms with E-state index < -0.39 is 37.9 Å². The van der Waals surface area contributed by atoms with Crippen LogP contribution in [0.2, 0.25) is 0 Å². The van der Waals surface area contributed by atoms with Crippen LogP contribution >= 0.6 is 0 Å². The summed E-state index contributed by atoms with van der Waals surface area (Å²) in [6.45, 7) is 1.95. The number of hydrogen-bond acceptors (Lipinski definition) is 6. The van der Waals surface area contributed by atoms with Gasteiger partial charge in [-0.25, -0.2) is 18.0 Å². The Morgan fingerprint density at radius 2 is 1.48 bits per heavy atom. The summed E-state index contributed by atoms with van der Waals surface area (Å²) in [5.41, 5.74) is 3.05. The number of benzene rings is 2. The molecule has 1 aliphatic carbocycles. The molecular formula is C25H27NO6S. The lowest BCUT2D eigenvalue weighted by Gasteiger charge is -2.38. The van der Waals surface area contributed by atoms with Crippen LogP contribution in [-0.4, -0.2) is 49.7 Å². The third-order valence-electron chi connectivity index (χ3n) is 7.24. The summed E-state index contributed by atoms with van der Waals surface area (Å²) in [5.74, 6) is -0.699. The smallest absolute Gasteiger partial charge is 0.408 e. The molecule has 2 fully saturated rings. The largest absolute Gasteiger partial charge is 0.464 e. The fourth-order valence-electron chi connectivity index (χ4n) is 5.69. The van der Waals surface area contributed by atoms with E-state index in [1.54, 1.807) is 6.92 Å². The second kappa shape index (κ2) is 8.17. The fourth-order valence-corrected chi connectivity index (χ4v) is 8.20. The number of amides is 1. The molecule has 2 aliphatic heterocycles. The molecular weight excluding hydrogens is 442 g/mol. The molecule has 33 heavy (non-hydrogen) atoms. The van der Waals surface area contributed by atoms with E-state index in [4.69, 9.17) is 9.47 Å². The van der Waals surface area contributed by atoms with Gasteiger partial charge in [0.2, 0.25) is 0 Å². The van der Waals surface area contributed by atoms with E-state index in [0.29, 0.717) is 12.8 Å². The molecule has 0 aromatic heterocycles. The zero-order valence-electron chi connectivity index (χ0n) is 18.5. The number of fused-ring (bicyclic) bond motifs is 5. The van der Waals surface area contributed by atoms with Crippen molar-refractivity contribution in [2.75, 3.05) is 13.2 Å². The molecule has 8 heteroatoms. The van der Waals surface area contributed by atoms with Crippen molar-refractivity contribution in [3.8, 4) is 11.1 Å². The fraction of sp³-hybridized carbons (Fsp3) is 0.440. The molecule has 2 aromatic rings. The Morgan fingerprint density at radius 3 is 2.03 bits per heavy atom. The predicted molar refractivity (Wildman–Crippen MR) is 123 cm³/mol. The van der Waals surface area contributed by atoms with E-state index in [1.807, 2.05) is 36.4 Å². The van der Waals surface area contributed by atoms with Crippen LogP contribution in [0.25, 0.3) is 11.1 Å². The number of ether oxygens (including phenoxy) is 2. The number of alkyl carbamates (subject to hydrolysis) is 1. The Balaban J connectivity index is 1.34. The van der Waals surface area contributed by atoms with E-state index in [9.17, 15) is 18.0 Å². The molecule has 1 amide bonds. The zero-order chi connectivity index (χ0) is 23.2. The summed E-state index contributed by atoms with van der Waals surface area (Å²) in [6.07, 6.45) is 0.314. The first-order valence-corrected chi connectivity index (χ1v) is 13.0. The summed E-state index contributed by atoms with van der Waals surface area (Å²) in [6, 6.07) is 16.1. The van der Waals surface area contributed by atoms with Gasteiger partial charge < -0.3 is 14.8 Å². The van der Waals surface area contributed by atoms with Crippen LogP contribution in [0.5, 0.6) is 0 Å². The van der Waals surface area contributed by atoms with Crippen LogP contribution < -0.4 is 5.32 Å². The highest BCUT2D eigenvalue weighted by Crippen LogP contribution is 2.45. The average Bonchev–Trinajstić information content (AvgIpc) is 3.15. The third kappa shape index (κ3) is 3.60. The summed E-state index contributed by atoms with van der Waals surface area (Å²) < 4.78 is 36.0. The number of carbonyl (C=O) groups excluding carboxylic acids is 2. The minimum Gasteiger partial charge on any atom is -0.464 e. The maximum absolute atomic E-state index is 12.9. The standard InChI is InChI=1S/C25H27NO6S/c1-2-31-23(27)25(13-16-11-12-17(14-25)33(16,29)30)26-24(28)32-15-22-20-9-5-3-7-18(20)19-8-4-6-10-21(19)22/h3-10,16-17,22H,2,11-15H2,1H3,(H,26,28). The maximum Gasteiger partial charge on any atom is 0.408 e. The average molecular weight is 470 g/mol. The lowest BCUT2D eigenvalue weighted by Crippen LogP contribution is -2.61. The summed E-state index contributed by atoms with van der Waals surface area (Å²) in [4.78, 5) is 25.8. The maximum atomic E-state index is 12.9. The van der Waals surface area contributed by atoms with Crippen molar-refractivity contribution in [1.29, 1.82) is 0 Å². The Labute approximate surface area is 193 Å². The molecule has 0 radical (unpaired) electrons. The van der Waals surface area contributed by atoms with Crippen molar-refractivity contribution in [2.24, 2.45) is 0 Å². The second-order valence-corrected chi connectivity index (χ2v) is 11.6. The highest BCUT2D eigenvalue weighted by atomic mass is 32.2. The van der Waals surface area contributed by atoms with E-state index >= 15 is 0 Å². The minimum atomic E-state index is -3.28. The van der Waals surface area contributed by atoms with Gasteiger partial charge in [-0.15, -0.1) is 0 Å². The van der Waals surface area contributed by atoms with E-state index in [0.717, 1.165) is 22.3 Å². The van der Waals surface area contributed by atoms with Crippen LogP contribution in [0.3, 0.4) is 0 Å². The molecule has 2 aromatic carbocycles. The molecule has 2 heterocycles. The number of sulfone groups is 1. The van der Waals surface area contributed by atoms with E-state index in [-0.39, 0.29) is 32.0 Å². The molecule has 2 unspecified atom stereocenters. The predicted octanol–water partition coefficient (Wildman–Crippen LogP) is 3.57. The Kier molecular flexibility index (Phi) is 5.43. The van der Waals surface area contributed by atoms with Crippen molar-refractivity contribution >= 4 is 21.9 Å². The highest BCUT2D eigenvalue weighted by Gasteiger charge is 2.58. The molecule has 2 bridgehead atoms. The van der Waals surface area contributed by atoms with Gasteiger partial charge in [-0.05, 0) is 54.9 Å². The second-order valence-electron chi connectivity index (χ2n) is 9.07. The number of esters is 1. The number of rotatable bonds is 5. The first kappa shape index (κ1) is 21.9. The van der Waals surface area contributed by atoms with Gasteiger partial charge in [0.05, 0.1) is 17.1 Å². The Bertz CT molecular complexity index is 1140. The van der Waals surface area contributed by atoms with Gasteiger partial charge in [0.1, 0.15) is 12.1 Å². The van der Waals surface area contributed by atoms with Crippen LogP contribution in [0.1, 0.15) is 49.7 Å². The van der Waals surface area contributed by atoms with E-state index in [2.05, 4.69) is 17.4 Å². The molecule has 2 atom stereocenters. The monoisotopic (exact) mass is 469 g/mol. The SMILES string of the molecule is CCOC(=O)C1(NC(=O)OCC2c3ccccc3-c3ccccc32)CC2CCC(C1)S2(=O)=O. The summed E-state index contributed by atoms with van der Waals surface area (Å²) >= 11 is 0. The summed E-state index contributed by atoms with van der Waals surface area (Å²) in [7, 11) is -3.28. The van der Waals surface area contributed by atoms with Gasteiger partial charge in [0, 0.05) is 5.92 Å². The molecule has 1 N–H and O–H groups in total. The van der Waals surface area contributed by atoms with Crippen molar-refractivity contribution in [3.05, 3.63) is 59.7 Å². The Hall–Kier alpha value is -2.87. The first-order chi connectivity index (χ1) is 15.9. The van der Waals surface area contributed by atoms with Crippen LogP contribution in [-0.2, 0) is 24.1 Å². The van der Waals surface area contributed by atoms with Crippen LogP contribution in [0.15, 0.2) is 48.5 Å². The van der Waals surface area contributed by atoms with Gasteiger partial charge in [0.15, 0.2) is 9.84 Å². The third-order valence-corrected chi connectivity index (χ3v) is 9.91. The van der Waals surface area contributed by atoms with Crippen LogP contribution in [0, 0.1) is 0 Å². The molecule has 3 aliphatic rings. The van der Waals surface area contributed by atoms with Crippen LogP contribution in [0.4, 0.5) is 4.79 Å². The first-order valence-electron chi connectivity index (χ1n) is 11.4. The van der Waals surface area contributed by atoms with Gasteiger partial charge in [-0.1, -0.05) is 48.5 Å². The minimum absolute atomic E-state index is 0.0227. The number of hydrogen-bond donors (Lipinski definition) is 1. The normalized spacial score (nSPS) is 26.8. The number of carbonyl (C=O) groups is 2. The van der Waals surface area contributed by atoms with Crippen molar-refractivity contribution in [2.45, 2.75) is 54.6 Å². The van der Waals surface area contributed by atoms with Gasteiger partial charge >= 0.3 is 12.1 Å². The number of nitrogens with one attached hydrogen (secondary N) is 1. The zero-order valence-corrected chi connectivity index (χ0v) is 19.3. The van der Waals surface area contributed by atoms with Crippen molar-refractivity contribution < 1.29 is 27.5 Å². The van der Waals surface area contributed by atoms with Gasteiger partial charge in [-0.2, -0.15) is 0 Å². The molecule has 5 rings (SSSR count). The molecule has 7 nitrogen and oxygen atoms in total. The van der Waals surface area contributed by atoms with E-state index in [1.165, 1.54) is 0 Å². The quantitative estimate of drug-likeness (QED) is 0.673. The highest BCUT2D eigenvalue weighted by molar-refractivity contribution is 7.93. The topological polar surface area (TPSA) is 98.8 Å². The van der Waals surface area contributed by atoms with Crippen molar-refractivity contribution in [1.82, 2.24) is 5.32 Å². The molecule has 2 saturated heterocycles. The van der Waals surface area contributed by atoms with Gasteiger partial charge in [-0.3, -0.25) is 0 Å².